The van der Waals surface area contributed by atoms with Gasteiger partial charge in [0, 0.05) is 29.3 Å². The van der Waals surface area contributed by atoms with Crippen LogP contribution in [-0.4, -0.2) is 51.3 Å². The van der Waals surface area contributed by atoms with Crippen molar-refractivity contribution in [3.05, 3.63) is 16.1 Å². The van der Waals surface area contributed by atoms with Gasteiger partial charge < -0.3 is 9.80 Å². The molecule has 1 aromatic heterocycles. The molecule has 3 rings (SSSR count). The number of amides is 2. The molecule has 2 aliphatic heterocycles. The fourth-order valence-electron chi connectivity index (χ4n) is 4.35. The second-order valence-corrected chi connectivity index (χ2v) is 11.4. The third-order valence-electron chi connectivity index (χ3n) is 7.58. The molecular weight excluding hydrogens is 438 g/mol. The molecule has 2 saturated heterocycles. The van der Waals surface area contributed by atoms with Gasteiger partial charge in [-0.25, -0.2) is 4.98 Å². The predicted octanol–water partition coefficient (Wildman–Crippen LogP) is 4.48. The number of thiazole rings is 1. The molecule has 2 fully saturated rings. The minimum Gasteiger partial charge on any atom is -0.327 e. The summed E-state index contributed by atoms with van der Waals surface area (Å²) in [6.07, 6.45) is 4.42. The Morgan fingerprint density at radius 1 is 0.879 bits per heavy atom. The molecule has 0 spiro atoms. The lowest BCUT2D eigenvalue weighted by molar-refractivity contribution is -0.150. The van der Waals surface area contributed by atoms with Gasteiger partial charge in [0.05, 0.1) is 17.8 Å². The first-order valence-electron chi connectivity index (χ1n) is 12.1. The maximum absolute atomic E-state index is 13.0. The Hall–Kier alpha value is -2.09. The zero-order valence-corrected chi connectivity index (χ0v) is 21.6. The lowest BCUT2D eigenvalue weighted by atomic mass is 9.84. The van der Waals surface area contributed by atoms with Gasteiger partial charge in [0.25, 0.3) is 11.8 Å². The molecule has 1 unspecified atom stereocenters. The van der Waals surface area contributed by atoms with E-state index in [4.69, 9.17) is 4.98 Å². The van der Waals surface area contributed by atoms with Crippen LogP contribution in [0.3, 0.4) is 0 Å². The molecular formula is C25H37N3O4S. The van der Waals surface area contributed by atoms with E-state index in [2.05, 4.69) is 0 Å². The SMILES string of the molecule is CCC(C)(C)C(=O)C(=O)N1CCCC1c1csc([C@@H]2CCCN2C(=O)C(=O)C(C)(C)CC)n1. The normalized spacial score (nSPS) is 21.5. The Labute approximate surface area is 200 Å². The Kier molecular flexibility index (Phi) is 7.46. The van der Waals surface area contributed by atoms with Gasteiger partial charge in [0.1, 0.15) is 5.01 Å². The highest BCUT2D eigenvalue weighted by molar-refractivity contribution is 7.09. The van der Waals surface area contributed by atoms with Crippen LogP contribution in [0.1, 0.15) is 103 Å². The Balaban J connectivity index is 1.78. The van der Waals surface area contributed by atoms with Gasteiger partial charge in [-0.15, -0.1) is 11.3 Å². The van der Waals surface area contributed by atoms with Crippen molar-refractivity contribution in [1.29, 1.82) is 0 Å². The molecule has 0 aliphatic carbocycles. The minimum atomic E-state index is -0.680. The number of aromatic nitrogens is 1. The molecule has 2 amide bonds. The summed E-state index contributed by atoms with van der Waals surface area (Å²) in [6, 6.07) is -0.426. The maximum Gasteiger partial charge on any atom is 0.291 e. The number of ketones is 2. The largest absolute Gasteiger partial charge is 0.327 e. The Morgan fingerprint density at radius 2 is 1.33 bits per heavy atom. The van der Waals surface area contributed by atoms with Crippen molar-refractivity contribution in [3.63, 3.8) is 0 Å². The summed E-state index contributed by atoms with van der Waals surface area (Å²) < 4.78 is 0. The van der Waals surface area contributed by atoms with Gasteiger partial charge in [-0.1, -0.05) is 41.5 Å². The summed E-state index contributed by atoms with van der Waals surface area (Å²) in [5, 5.41) is 2.75. The van der Waals surface area contributed by atoms with Crippen LogP contribution < -0.4 is 0 Å². The van der Waals surface area contributed by atoms with Crippen molar-refractivity contribution in [2.24, 2.45) is 10.8 Å². The quantitative estimate of drug-likeness (QED) is 0.517. The fourth-order valence-corrected chi connectivity index (χ4v) is 5.36. The lowest BCUT2D eigenvalue weighted by Gasteiger charge is -2.28. The lowest BCUT2D eigenvalue weighted by Crippen LogP contribution is -2.42. The monoisotopic (exact) mass is 475 g/mol. The van der Waals surface area contributed by atoms with Crippen molar-refractivity contribution in [1.82, 2.24) is 14.8 Å². The minimum absolute atomic E-state index is 0.209. The van der Waals surface area contributed by atoms with Crippen molar-refractivity contribution >= 4 is 34.7 Å². The summed E-state index contributed by atoms with van der Waals surface area (Å²) in [5.41, 5.74) is -0.578. The van der Waals surface area contributed by atoms with Gasteiger partial charge in [-0.3, -0.25) is 19.2 Å². The van der Waals surface area contributed by atoms with E-state index in [1.54, 1.807) is 9.80 Å². The van der Waals surface area contributed by atoms with E-state index in [0.29, 0.717) is 25.9 Å². The molecule has 2 atom stereocenters. The summed E-state index contributed by atoms with van der Waals surface area (Å²) in [5.74, 6) is -1.55. The third-order valence-corrected chi connectivity index (χ3v) is 8.54. The number of Topliss-reactive ketones (excluding diaryl/α,β-unsaturated/α-hetero) is 2. The number of nitrogens with zero attached hydrogens (tertiary/aromatic N) is 3. The molecule has 0 radical (unpaired) electrons. The average Bonchev–Trinajstić information content (AvgIpc) is 3.55. The van der Waals surface area contributed by atoms with Gasteiger partial charge in [0.15, 0.2) is 0 Å². The first kappa shape index (κ1) is 25.5. The van der Waals surface area contributed by atoms with Crippen LogP contribution in [0.5, 0.6) is 0 Å². The summed E-state index contributed by atoms with van der Waals surface area (Å²) in [4.78, 5) is 59.7. The maximum atomic E-state index is 13.0. The smallest absolute Gasteiger partial charge is 0.291 e. The van der Waals surface area contributed by atoms with E-state index in [1.165, 1.54) is 11.3 Å². The number of carbonyl (C=O) groups is 4. The number of likely N-dealkylation sites (tertiary alicyclic amines) is 2. The Morgan fingerprint density at radius 3 is 1.82 bits per heavy atom. The highest BCUT2D eigenvalue weighted by Crippen LogP contribution is 2.39. The first-order valence-corrected chi connectivity index (χ1v) is 13.0. The Bertz CT molecular complexity index is 863. The molecule has 1 aromatic rings. The van der Waals surface area contributed by atoms with E-state index in [0.717, 1.165) is 36.4 Å². The predicted molar refractivity (Wildman–Crippen MR) is 128 cm³/mol. The van der Waals surface area contributed by atoms with Gasteiger partial charge >= 0.3 is 0 Å². The van der Waals surface area contributed by atoms with Crippen molar-refractivity contribution < 1.29 is 19.2 Å². The van der Waals surface area contributed by atoms with Gasteiger partial charge in [0.2, 0.25) is 11.6 Å². The summed E-state index contributed by atoms with van der Waals surface area (Å²) >= 11 is 1.47. The standard InChI is InChI=1S/C25H37N3O4S/c1-7-24(3,4)19(29)22(31)27-13-9-11-17(27)16-15-33-21(26-16)18-12-10-14-28(18)23(32)20(30)25(5,6)8-2/h15,17-18H,7-14H2,1-6H3/t17?,18-/m0/s1. The van der Waals surface area contributed by atoms with Crippen LogP contribution >= 0.6 is 11.3 Å². The molecule has 33 heavy (non-hydrogen) atoms. The second-order valence-electron chi connectivity index (χ2n) is 10.6. The third kappa shape index (κ3) is 4.91. The van der Waals surface area contributed by atoms with E-state index in [1.807, 2.05) is 46.9 Å². The van der Waals surface area contributed by atoms with Crippen molar-refractivity contribution in [3.8, 4) is 0 Å². The van der Waals surface area contributed by atoms with Gasteiger partial charge in [-0.2, -0.15) is 0 Å². The summed E-state index contributed by atoms with van der Waals surface area (Å²) in [7, 11) is 0. The second kappa shape index (κ2) is 9.65. The van der Waals surface area contributed by atoms with Crippen molar-refractivity contribution in [2.75, 3.05) is 13.1 Å². The van der Waals surface area contributed by atoms with Crippen LogP contribution in [0.4, 0.5) is 0 Å². The summed E-state index contributed by atoms with van der Waals surface area (Å²) in [6.45, 7) is 12.2. The fraction of sp³-hybridized carbons (Fsp3) is 0.720. The molecule has 0 aromatic carbocycles. The molecule has 0 saturated carbocycles. The topological polar surface area (TPSA) is 87.7 Å². The molecule has 8 heteroatoms. The van der Waals surface area contributed by atoms with Crippen molar-refractivity contribution in [2.45, 2.75) is 92.2 Å². The van der Waals surface area contributed by atoms with E-state index < -0.39 is 22.6 Å². The highest BCUT2D eigenvalue weighted by atomic mass is 32.1. The van der Waals surface area contributed by atoms with Crippen LogP contribution in [0.15, 0.2) is 5.38 Å². The van der Waals surface area contributed by atoms with E-state index in [9.17, 15) is 19.2 Å². The number of rotatable bonds is 8. The molecule has 3 heterocycles. The average molecular weight is 476 g/mol. The molecule has 0 N–H and O–H groups in total. The van der Waals surface area contributed by atoms with Crippen LogP contribution in [0.2, 0.25) is 0 Å². The molecule has 2 aliphatic rings. The van der Waals surface area contributed by atoms with E-state index >= 15 is 0 Å². The molecule has 182 valence electrons. The number of carbonyl (C=O) groups excluding carboxylic acids is 4. The van der Waals surface area contributed by atoms with Crippen LogP contribution in [0, 0.1) is 10.8 Å². The molecule has 0 bridgehead atoms. The first-order chi connectivity index (χ1) is 15.4. The number of hydrogen-bond acceptors (Lipinski definition) is 6. The van der Waals surface area contributed by atoms with Crippen LogP contribution in [-0.2, 0) is 19.2 Å². The number of hydrogen-bond donors (Lipinski definition) is 0. The van der Waals surface area contributed by atoms with Gasteiger partial charge in [-0.05, 0) is 38.5 Å². The van der Waals surface area contributed by atoms with Crippen LogP contribution in [0.25, 0.3) is 0 Å². The van der Waals surface area contributed by atoms with E-state index in [-0.39, 0.29) is 23.7 Å². The highest BCUT2D eigenvalue weighted by Gasteiger charge is 2.42. The molecule has 7 nitrogen and oxygen atoms in total. The zero-order chi connectivity index (χ0) is 24.6. The zero-order valence-electron chi connectivity index (χ0n) is 20.8.